The maximum absolute atomic E-state index is 10.5. The Kier molecular flexibility index (Phi) is 2.91. The molecule has 0 aromatic carbocycles. The molecule has 0 aliphatic carbocycles. The fourth-order valence-corrected chi connectivity index (χ4v) is 2.06. The van der Waals surface area contributed by atoms with Gasteiger partial charge in [0.25, 0.3) is 0 Å². The van der Waals surface area contributed by atoms with E-state index in [2.05, 4.69) is 15.0 Å². The Morgan fingerprint density at radius 2 is 2.19 bits per heavy atom. The normalized spacial score (nSPS) is 10.3. The predicted octanol–water partition coefficient (Wildman–Crippen LogP) is 1.54. The molecule has 2 aromatic heterocycles. The van der Waals surface area contributed by atoms with Crippen molar-refractivity contribution in [1.29, 1.82) is 0 Å². The molecule has 2 heterocycles. The largest absolute Gasteiger partial charge is 0.481 e. The first-order valence-electron chi connectivity index (χ1n) is 4.61. The first-order valence-corrected chi connectivity index (χ1v) is 5.49. The SMILES string of the molecule is Cc1nccnc1-c1csc(CC(=O)O)n1. The highest BCUT2D eigenvalue weighted by Gasteiger charge is 2.10. The van der Waals surface area contributed by atoms with Gasteiger partial charge in [-0.2, -0.15) is 0 Å². The molecule has 6 heteroatoms. The van der Waals surface area contributed by atoms with Gasteiger partial charge in [0.2, 0.25) is 0 Å². The number of carbonyl (C=O) groups is 1. The quantitative estimate of drug-likeness (QED) is 0.873. The minimum absolute atomic E-state index is 0.0516. The molecule has 16 heavy (non-hydrogen) atoms. The van der Waals surface area contributed by atoms with Crippen LogP contribution in [0.3, 0.4) is 0 Å². The second-order valence-electron chi connectivity index (χ2n) is 3.19. The van der Waals surface area contributed by atoms with Gasteiger partial charge in [-0.25, -0.2) is 4.98 Å². The third-order valence-electron chi connectivity index (χ3n) is 1.98. The number of carboxylic acids is 1. The summed E-state index contributed by atoms with van der Waals surface area (Å²) in [6.45, 7) is 1.85. The number of hydrogen-bond donors (Lipinski definition) is 1. The van der Waals surface area contributed by atoms with Crippen LogP contribution < -0.4 is 0 Å². The molecule has 2 rings (SSSR count). The molecule has 0 atom stereocenters. The van der Waals surface area contributed by atoms with E-state index in [0.717, 1.165) is 5.69 Å². The lowest BCUT2D eigenvalue weighted by Gasteiger charge is -1.98. The van der Waals surface area contributed by atoms with Gasteiger partial charge in [0.15, 0.2) is 0 Å². The van der Waals surface area contributed by atoms with Crippen LogP contribution in [-0.2, 0) is 11.2 Å². The molecule has 1 N–H and O–H groups in total. The number of aliphatic carboxylic acids is 1. The maximum Gasteiger partial charge on any atom is 0.310 e. The van der Waals surface area contributed by atoms with Crippen LogP contribution in [0.2, 0.25) is 0 Å². The smallest absolute Gasteiger partial charge is 0.310 e. The number of aromatic nitrogens is 3. The van der Waals surface area contributed by atoms with Crippen LogP contribution in [0, 0.1) is 6.92 Å². The minimum Gasteiger partial charge on any atom is -0.481 e. The lowest BCUT2D eigenvalue weighted by Crippen LogP contribution is -1.99. The first-order chi connectivity index (χ1) is 7.66. The predicted molar refractivity (Wildman–Crippen MR) is 59.2 cm³/mol. The second kappa shape index (κ2) is 4.36. The third kappa shape index (κ3) is 2.22. The molecule has 0 saturated heterocycles. The Bertz CT molecular complexity index is 524. The summed E-state index contributed by atoms with van der Waals surface area (Å²) in [7, 11) is 0. The summed E-state index contributed by atoms with van der Waals surface area (Å²) in [4.78, 5) is 23.0. The van der Waals surface area contributed by atoms with E-state index in [1.165, 1.54) is 11.3 Å². The molecule has 0 bridgehead atoms. The number of carboxylic acid groups (broad SMARTS) is 1. The van der Waals surface area contributed by atoms with E-state index in [0.29, 0.717) is 16.4 Å². The Hall–Kier alpha value is -1.82. The fourth-order valence-electron chi connectivity index (χ4n) is 1.29. The summed E-state index contributed by atoms with van der Waals surface area (Å²) in [5.74, 6) is -0.878. The van der Waals surface area contributed by atoms with Crippen molar-refractivity contribution in [2.45, 2.75) is 13.3 Å². The molecule has 0 aliphatic heterocycles. The fraction of sp³-hybridized carbons (Fsp3) is 0.200. The molecule has 0 amide bonds. The van der Waals surface area contributed by atoms with E-state index >= 15 is 0 Å². The molecule has 0 fully saturated rings. The molecular weight excluding hydrogens is 226 g/mol. The summed E-state index contributed by atoms with van der Waals surface area (Å²) in [6.07, 6.45) is 3.16. The van der Waals surface area contributed by atoms with Crippen molar-refractivity contribution < 1.29 is 9.90 Å². The average Bonchev–Trinajstić information content (AvgIpc) is 2.66. The van der Waals surface area contributed by atoms with Crippen LogP contribution in [0.5, 0.6) is 0 Å². The summed E-state index contributed by atoms with van der Waals surface area (Å²) >= 11 is 1.32. The Balaban J connectivity index is 2.32. The summed E-state index contributed by atoms with van der Waals surface area (Å²) in [6, 6.07) is 0. The van der Waals surface area contributed by atoms with E-state index in [-0.39, 0.29) is 6.42 Å². The van der Waals surface area contributed by atoms with E-state index in [4.69, 9.17) is 5.11 Å². The number of rotatable bonds is 3. The van der Waals surface area contributed by atoms with Gasteiger partial charge >= 0.3 is 5.97 Å². The van der Waals surface area contributed by atoms with Crippen molar-refractivity contribution in [3.63, 3.8) is 0 Å². The molecule has 2 aromatic rings. The zero-order chi connectivity index (χ0) is 11.5. The van der Waals surface area contributed by atoms with Crippen LogP contribution in [-0.4, -0.2) is 26.0 Å². The number of nitrogens with zero attached hydrogens (tertiary/aromatic N) is 3. The monoisotopic (exact) mass is 235 g/mol. The van der Waals surface area contributed by atoms with E-state index < -0.39 is 5.97 Å². The minimum atomic E-state index is -0.878. The molecule has 0 aliphatic rings. The van der Waals surface area contributed by atoms with Gasteiger partial charge in [-0.3, -0.25) is 14.8 Å². The van der Waals surface area contributed by atoms with Gasteiger partial charge in [0.05, 0.1) is 12.1 Å². The highest BCUT2D eigenvalue weighted by Crippen LogP contribution is 2.21. The Morgan fingerprint density at radius 1 is 1.44 bits per heavy atom. The molecule has 0 spiro atoms. The Morgan fingerprint density at radius 3 is 2.88 bits per heavy atom. The highest BCUT2D eigenvalue weighted by molar-refractivity contribution is 7.10. The molecular formula is C10H9N3O2S. The van der Waals surface area contributed by atoms with Crippen molar-refractivity contribution in [3.8, 4) is 11.4 Å². The number of aryl methyl sites for hydroxylation is 1. The number of thiazole rings is 1. The van der Waals surface area contributed by atoms with Crippen LogP contribution in [0.1, 0.15) is 10.7 Å². The second-order valence-corrected chi connectivity index (χ2v) is 4.13. The van der Waals surface area contributed by atoms with Gasteiger partial charge in [0, 0.05) is 17.8 Å². The molecule has 0 radical (unpaired) electrons. The van der Waals surface area contributed by atoms with Crippen molar-refractivity contribution in [2.24, 2.45) is 0 Å². The standard InChI is InChI=1S/C10H9N3O2S/c1-6-10(12-3-2-11-6)7-5-16-8(13-7)4-9(14)15/h2-3,5H,4H2,1H3,(H,14,15). The topological polar surface area (TPSA) is 76.0 Å². The van der Waals surface area contributed by atoms with Gasteiger partial charge in [-0.15, -0.1) is 11.3 Å². The van der Waals surface area contributed by atoms with Crippen LogP contribution >= 0.6 is 11.3 Å². The molecule has 82 valence electrons. The van der Waals surface area contributed by atoms with Crippen molar-refractivity contribution in [1.82, 2.24) is 15.0 Å². The van der Waals surface area contributed by atoms with Gasteiger partial charge in [-0.1, -0.05) is 0 Å². The molecule has 0 unspecified atom stereocenters. The average molecular weight is 235 g/mol. The molecule has 5 nitrogen and oxygen atoms in total. The van der Waals surface area contributed by atoms with E-state index in [1.807, 2.05) is 6.92 Å². The number of hydrogen-bond acceptors (Lipinski definition) is 5. The van der Waals surface area contributed by atoms with Crippen molar-refractivity contribution >= 4 is 17.3 Å². The summed E-state index contributed by atoms with van der Waals surface area (Å²) in [5.41, 5.74) is 2.18. The van der Waals surface area contributed by atoms with E-state index in [9.17, 15) is 4.79 Å². The van der Waals surface area contributed by atoms with E-state index in [1.54, 1.807) is 17.8 Å². The Labute approximate surface area is 95.8 Å². The van der Waals surface area contributed by atoms with Crippen LogP contribution in [0.15, 0.2) is 17.8 Å². The lowest BCUT2D eigenvalue weighted by molar-refractivity contribution is -0.136. The van der Waals surface area contributed by atoms with Crippen LogP contribution in [0.4, 0.5) is 0 Å². The lowest BCUT2D eigenvalue weighted by atomic mass is 10.2. The van der Waals surface area contributed by atoms with Gasteiger partial charge in [0.1, 0.15) is 16.4 Å². The first kappa shape index (κ1) is 10.7. The van der Waals surface area contributed by atoms with Gasteiger partial charge in [-0.05, 0) is 6.92 Å². The molecule has 0 saturated carbocycles. The van der Waals surface area contributed by atoms with Gasteiger partial charge < -0.3 is 5.11 Å². The highest BCUT2D eigenvalue weighted by atomic mass is 32.1. The summed E-state index contributed by atoms with van der Waals surface area (Å²) in [5, 5.41) is 11.0. The zero-order valence-electron chi connectivity index (χ0n) is 8.54. The third-order valence-corrected chi connectivity index (χ3v) is 2.83. The summed E-state index contributed by atoms with van der Waals surface area (Å²) < 4.78 is 0. The maximum atomic E-state index is 10.5. The zero-order valence-corrected chi connectivity index (χ0v) is 9.36. The van der Waals surface area contributed by atoms with Crippen molar-refractivity contribution in [3.05, 3.63) is 28.5 Å². The van der Waals surface area contributed by atoms with Crippen LogP contribution in [0.25, 0.3) is 11.4 Å². The van der Waals surface area contributed by atoms with Crippen molar-refractivity contribution in [2.75, 3.05) is 0 Å².